The smallest absolute Gasteiger partial charge is 0.143 e. The monoisotopic (exact) mass is 312 g/mol. The first-order chi connectivity index (χ1) is 8.45. The average molecular weight is 312 g/mol. The lowest BCUT2D eigenvalue weighted by molar-refractivity contribution is 0.364. The van der Waals surface area contributed by atoms with Crippen molar-refractivity contribution in [2.24, 2.45) is 0 Å². The fraction of sp³-hybridized carbons (Fsp3) is 0. The van der Waals surface area contributed by atoms with Crippen molar-refractivity contribution >= 4 is 22.9 Å². The predicted molar refractivity (Wildman–Crippen MR) is 70.5 cm³/mol. The van der Waals surface area contributed by atoms with Gasteiger partial charge in [-0.3, -0.25) is 0 Å². The largest absolute Gasteiger partial charge is 0.310 e. The summed E-state index contributed by atoms with van der Waals surface area (Å²) in [6.45, 7) is 0. The Morgan fingerprint density at radius 3 is 1.37 bits per heavy atom. The minimum Gasteiger partial charge on any atom is -0.143 e. The van der Waals surface area contributed by atoms with Crippen molar-refractivity contribution < 1.29 is 19.4 Å². The standard InChI is InChI=1S/C12H9F5S2/c13-19(14,15,16,17)12-7-3-10(4-8-12)9-1-5-11(18)6-2-9/h1-8,18H. The second-order valence-electron chi connectivity index (χ2n) is 4.04. The molecule has 0 aromatic heterocycles. The summed E-state index contributed by atoms with van der Waals surface area (Å²) in [5.41, 5.74) is 1.06. The van der Waals surface area contributed by atoms with Crippen LogP contribution in [0.1, 0.15) is 0 Å². The number of thiol groups is 1. The number of halogens is 5. The van der Waals surface area contributed by atoms with E-state index in [1.807, 2.05) is 0 Å². The molecule has 0 atom stereocenters. The van der Waals surface area contributed by atoms with Crippen LogP contribution in [-0.2, 0) is 0 Å². The van der Waals surface area contributed by atoms with E-state index in [9.17, 15) is 19.4 Å². The Balaban J connectivity index is 2.43. The highest BCUT2D eigenvalue weighted by atomic mass is 32.5. The fourth-order valence-electron chi connectivity index (χ4n) is 1.56. The van der Waals surface area contributed by atoms with Crippen molar-refractivity contribution in [1.82, 2.24) is 0 Å². The summed E-state index contributed by atoms with van der Waals surface area (Å²) in [6, 6.07) is 9.50. The summed E-state index contributed by atoms with van der Waals surface area (Å²) in [5.74, 6) is 0. The Hall–Kier alpha value is -1.21. The second-order valence-corrected chi connectivity index (χ2v) is 6.97. The molecule has 0 aliphatic carbocycles. The molecule has 2 aromatic carbocycles. The first-order valence-electron chi connectivity index (χ1n) is 5.09. The highest BCUT2D eigenvalue weighted by molar-refractivity contribution is 8.45. The molecule has 104 valence electrons. The van der Waals surface area contributed by atoms with Gasteiger partial charge in [0.05, 0.1) is 0 Å². The summed E-state index contributed by atoms with van der Waals surface area (Å²) >= 11 is 4.08. The summed E-state index contributed by atoms with van der Waals surface area (Å²) in [6.07, 6.45) is 0. The van der Waals surface area contributed by atoms with Gasteiger partial charge in [-0.15, -0.1) is 12.6 Å². The molecule has 0 heterocycles. The summed E-state index contributed by atoms with van der Waals surface area (Å²) in [4.78, 5) is -1.18. The van der Waals surface area contributed by atoms with Crippen LogP contribution in [0.15, 0.2) is 58.3 Å². The SMILES string of the molecule is FS(F)(F)(F)(F)c1ccc(-c2ccc(S)cc2)cc1. The molecule has 0 N–H and O–H groups in total. The van der Waals surface area contributed by atoms with Gasteiger partial charge in [-0.25, -0.2) is 0 Å². The average Bonchev–Trinajstić information content (AvgIpc) is 2.27. The maximum absolute atomic E-state index is 12.5. The van der Waals surface area contributed by atoms with E-state index in [1.165, 1.54) is 0 Å². The van der Waals surface area contributed by atoms with Gasteiger partial charge in [-0.2, -0.15) is 0 Å². The zero-order chi connectivity index (χ0) is 14.4. The van der Waals surface area contributed by atoms with Crippen LogP contribution in [0.4, 0.5) is 19.4 Å². The van der Waals surface area contributed by atoms with Crippen LogP contribution in [0.3, 0.4) is 0 Å². The molecule has 0 spiro atoms. The molecule has 2 rings (SSSR count). The van der Waals surface area contributed by atoms with Gasteiger partial charge in [-0.1, -0.05) is 43.7 Å². The summed E-state index contributed by atoms with van der Waals surface area (Å²) in [5, 5.41) is 0. The topological polar surface area (TPSA) is 0 Å². The minimum absolute atomic E-state index is 0.408. The van der Waals surface area contributed by atoms with Crippen molar-refractivity contribution in [3.8, 4) is 11.1 Å². The highest BCUT2D eigenvalue weighted by Crippen LogP contribution is 3.02. The Morgan fingerprint density at radius 2 is 1.00 bits per heavy atom. The lowest BCUT2D eigenvalue weighted by Crippen LogP contribution is -2.05. The Labute approximate surface area is 112 Å². The van der Waals surface area contributed by atoms with Crippen molar-refractivity contribution in [3.05, 3.63) is 48.5 Å². The number of hydrogen-bond acceptors (Lipinski definition) is 1. The van der Waals surface area contributed by atoms with Crippen LogP contribution in [0.25, 0.3) is 11.1 Å². The molecule has 0 amide bonds. The lowest BCUT2D eigenvalue weighted by Gasteiger charge is -2.40. The van der Waals surface area contributed by atoms with E-state index in [4.69, 9.17) is 0 Å². The van der Waals surface area contributed by atoms with E-state index in [1.54, 1.807) is 24.3 Å². The number of hydrogen-bond donors (Lipinski definition) is 1. The van der Waals surface area contributed by atoms with E-state index in [-0.39, 0.29) is 0 Å². The van der Waals surface area contributed by atoms with Crippen LogP contribution in [0.2, 0.25) is 0 Å². The van der Waals surface area contributed by atoms with Crippen LogP contribution >= 0.6 is 22.9 Å². The van der Waals surface area contributed by atoms with Gasteiger partial charge in [0, 0.05) is 4.90 Å². The zero-order valence-corrected chi connectivity index (χ0v) is 11.1. The maximum Gasteiger partial charge on any atom is 0.310 e. The van der Waals surface area contributed by atoms with Gasteiger partial charge >= 0.3 is 10.2 Å². The molecule has 0 radical (unpaired) electrons. The third-order valence-corrected chi connectivity index (χ3v) is 3.96. The molecule has 2 aromatic rings. The lowest BCUT2D eigenvalue weighted by atomic mass is 10.1. The number of benzene rings is 2. The second kappa shape index (κ2) is 3.67. The third kappa shape index (κ3) is 3.42. The quantitative estimate of drug-likeness (QED) is 0.488. The van der Waals surface area contributed by atoms with Crippen molar-refractivity contribution in [2.75, 3.05) is 0 Å². The van der Waals surface area contributed by atoms with Gasteiger partial charge in [0.25, 0.3) is 0 Å². The van der Waals surface area contributed by atoms with Gasteiger partial charge in [0.1, 0.15) is 4.90 Å². The van der Waals surface area contributed by atoms with Gasteiger partial charge in [0.15, 0.2) is 0 Å². The molecule has 0 saturated heterocycles. The van der Waals surface area contributed by atoms with Crippen molar-refractivity contribution in [2.45, 2.75) is 9.79 Å². The van der Waals surface area contributed by atoms with Crippen LogP contribution < -0.4 is 0 Å². The molecule has 0 unspecified atom stereocenters. The van der Waals surface area contributed by atoms with E-state index in [2.05, 4.69) is 12.6 Å². The molecule has 0 fully saturated rings. The molecule has 0 bridgehead atoms. The first kappa shape index (κ1) is 14.2. The molecular weight excluding hydrogens is 303 g/mol. The fourth-order valence-corrected chi connectivity index (χ4v) is 2.36. The third-order valence-electron chi connectivity index (χ3n) is 2.50. The predicted octanol–water partition coefficient (Wildman–Crippen LogP) is 6.30. The molecule has 19 heavy (non-hydrogen) atoms. The van der Waals surface area contributed by atoms with Crippen molar-refractivity contribution in [1.29, 1.82) is 0 Å². The summed E-state index contributed by atoms with van der Waals surface area (Å²) in [7, 11) is -9.58. The molecule has 0 aliphatic heterocycles. The molecule has 0 saturated carbocycles. The van der Waals surface area contributed by atoms with Crippen LogP contribution in [-0.4, -0.2) is 0 Å². The van der Waals surface area contributed by atoms with Crippen LogP contribution in [0, 0.1) is 0 Å². The molecule has 0 aliphatic rings. The maximum atomic E-state index is 12.5. The van der Waals surface area contributed by atoms with Gasteiger partial charge in [0.2, 0.25) is 0 Å². The van der Waals surface area contributed by atoms with E-state index in [0.717, 1.165) is 12.1 Å². The Bertz CT molecular complexity index is 599. The van der Waals surface area contributed by atoms with Crippen LogP contribution in [0.5, 0.6) is 0 Å². The van der Waals surface area contributed by atoms with Gasteiger partial charge in [-0.05, 0) is 35.4 Å². The van der Waals surface area contributed by atoms with Crippen molar-refractivity contribution in [3.63, 3.8) is 0 Å². The minimum atomic E-state index is -9.58. The normalized spacial score (nSPS) is 15.7. The van der Waals surface area contributed by atoms with E-state index in [0.29, 0.717) is 28.2 Å². The molecular formula is C12H9F5S2. The molecule has 0 nitrogen and oxygen atoms in total. The zero-order valence-electron chi connectivity index (χ0n) is 9.36. The first-order valence-corrected chi connectivity index (χ1v) is 7.49. The van der Waals surface area contributed by atoms with E-state index < -0.39 is 15.1 Å². The summed E-state index contributed by atoms with van der Waals surface area (Å²) < 4.78 is 62.6. The Kier molecular flexibility index (Phi) is 2.74. The van der Waals surface area contributed by atoms with E-state index >= 15 is 0 Å². The Morgan fingerprint density at radius 1 is 0.632 bits per heavy atom. The number of rotatable bonds is 2. The van der Waals surface area contributed by atoms with Gasteiger partial charge < -0.3 is 0 Å². The highest BCUT2D eigenvalue weighted by Gasteiger charge is 2.65. The molecule has 7 heteroatoms.